The van der Waals surface area contributed by atoms with Crippen LogP contribution < -0.4 is 10.1 Å². The third-order valence-corrected chi connectivity index (χ3v) is 4.42. The quantitative estimate of drug-likeness (QED) is 0.230. The van der Waals surface area contributed by atoms with Gasteiger partial charge < -0.3 is 24.4 Å². The van der Waals surface area contributed by atoms with E-state index in [2.05, 4.69) is 15.2 Å². The molecule has 0 aromatic heterocycles. The maximum Gasteiger partial charge on any atom is 0.419 e. The number of benzene rings is 1. The van der Waals surface area contributed by atoms with Crippen LogP contribution in [0.1, 0.15) is 12.0 Å². The molecule has 1 aliphatic rings. The van der Waals surface area contributed by atoms with Crippen molar-refractivity contribution in [2.45, 2.75) is 12.6 Å². The van der Waals surface area contributed by atoms with E-state index in [1.54, 1.807) is 14.2 Å². The second-order valence-electron chi connectivity index (χ2n) is 6.48. The molecule has 1 aromatic carbocycles. The molecular formula is C19H29F3IN3O3. The van der Waals surface area contributed by atoms with Crippen molar-refractivity contribution in [2.75, 3.05) is 60.2 Å². The van der Waals surface area contributed by atoms with Crippen LogP contribution in [-0.2, 0) is 15.7 Å². The summed E-state index contributed by atoms with van der Waals surface area (Å²) < 4.78 is 54.8. The number of alkyl halides is 3. The van der Waals surface area contributed by atoms with Crippen molar-refractivity contribution in [2.24, 2.45) is 10.9 Å². The molecule has 1 saturated heterocycles. The molecule has 0 aliphatic carbocycles. The summed E-state index contributed by atoms with van der Waals surface area (Å²) in [4.78, 5) is 6.37. The van der Waals surface area contributed by atoms with Gasteiger partial charge in [-0.3, -0.25) is 4.99 Å². The Morgan fingerprint density at radius 3 is 2.69 bits per heavy atom. The number of nitrogens with zero attached hydrogens (tertiary/aromatic N) is 2. The summed E-state index contributed by atoms with van der Waals surface area (Å²) in [6.07, 6.45) is -3.43. The number of rotatable bonds is 9. The van der Waals surface area contributed by atoms with E-state index in [4.69, 9.17) is 14.2 Å². The fourth-order valence-electron chi connectivity index (χ4n) is 3.04. The second kappa shape index (κ2) is 13.1. The molecule has 1 fully saturated rings. The second-order valence-corrected chi connectivity index (χ2v) is 6.48. The molecule has 1 aromatic rings. The highest BCUT2D eigenvalue weighted by Crippen LogP contribution is 2.35. The van der Waals surface area contributed by atoms with Gasteiger partial charge in [-0.25, -0.2) is 0 Å². The summed E-state index contributed by atoms with van der Waals surface area (Å²) in [5.41, 5.74) is -0.768. The highest BCUT2D eigenvalue weighted by Gasteiger charge is 2.34. The molecule has 0 saturated carbocycles. The van der Waals surface area contributed by atoms with Crippen molar-refractivity contribution in [1.29, 1.82) is 0 Å². The first kappa shape index (κ1) is 25.8. The zero-order valence-electron chi connectivity index (χ0n) is 16.7. The molecule has 1 unspecified atom stereocenters. The van der Waals surface area contributed by atoms with Gasteiger partial charge in [-0.1, -0.05) is 12.1 Å². The molecule has 10 heteroatoms. The molecule has 166 valence electrons. The molecule has 1 aliphatic heterocycles. The predicted octanol–water partition coefficient (Wildman–Crippen LogP) is 3.26. The van der Waals surface area contributed by atoms with Crippen LogP contribution in [0, 0.1) is 5.92 Å². The maximum absolute atomic E-state index is 13.0. The Labute approximate surface area is 186 Å². The average molecular weight is 531 g/mol. The first-order chi connectivity index (χ1) is 13.5. The topological polar surface area (TPSA) is 55.3 Å². The molecular weight excluding hydrogens is 502 g/mol. The normalized spacial score (nSPS) is 17.2. The van der Waals surface area contributed by atoms with Gasteiger partial charge in [0.15, 0.2) is 5.96 Å². The Kier molecular flexibility index (Phi) is 11.7. The standard InChI is InChI=1S/C19H28F3N3O3.HI/c1-23-18(25-9-7-15(13-25)14-27-12-11-26-2)24-8-10-28-17-6-4-3-5-16(17)19(20,21)22;/h3-6,15H,7-14H2,1-2H3,(H,23,24);1H. The van der Waals surface area contributed by atoms with E-state index in [1.165, 1.54) is 18.2 Å². The average Bonchev–Trinajstić information content (AvgIpc) is 3.13. The predicted molar refractivity (Wildman–Crippen MR) is 116 cm³/mol. The van der Waals surface area contributed by atoms with Gasteiger partial charge in [0.05, 0.1) is 31.9 Å². The lowest BCUT2D eigenvalue weighted by Gasteiger charge is -2.22. The van der Waals surface area contributed by atoms with E-state index in [0.29, 0.717) is 38.2 Å². The third-order valence-electron chi connectivity index (χ3n) is 4.42. The van der Waals surface area contributed by atoms with E-state index in [0.717, 1.165) is 25.6 Å². The molecule has 1 N–H and O–H groups in total. The van der Waals surface area contributed by atoms with Gasteiger partial charge in [0.2, 0.25) is 0 Å². The number of hydrogen-bond acceptors (Lipinski definition) is 4. The number of guanidine groups is 1. The minimum absolute atomic E-state index is 0. The first-order valence-corrected chi connectivity index (χ1v) is 9.27. The summed E-state index contributed by atoms with van der Waals surface area (Å²) in [5, 5.41) is 3.15. The Morgan fingerprint density at radius 2 is 2.00 bits per heavy atom. The van der Waals surface area contributed by atoms with E-state index in [1.807, 2.05) is 0 Å². The number of likely N-dealkylation sites (tertiary alicyclic amines) is 1. The molecule has 0 amide bonds. The van der Waals surface area contributed by atoms with Gasteiger partial charge in [0.25, 0.3) is 0 Å². The lowest BCUT2D eigenvalue weighted by Crippen LogP contribution is -2.41. The lowest BCUT2D eigenvalue weighted by molar-refractivity contribution is -0.138. The third kappa shape index (κ3) is 8.55. The van der Waals surface area contributed by atoms with Crippen LogP contribution in [-0.4, -0.2) is 71.1 Å². The van der Waals surface area contributed by atoms with Gasteiger partial charge in [-0.15, -0.1) is 24.0 Å². The fourth-order valence-corrected chi connectivity index (χ4v) is 3.04. The van der Waals surface area contributed by atoms with Crippen molar-refractivity contribution < 1.29 is 27.4 Å². The Balaban J connectivity index is 0.00000420. The van der Waals surface area contributed by atoms with Crippen molar-refractivity contribution in [3.8, 4) is 5.75 Å². The van der Waals surface area contributed by atoms with E-state index in [9.17, 15) is 13.2 Å². The van der Waals surface area contributed by atoms with Crippen molar-refractivity contribution in [1.82, 2.24) is 10.2 Å². The zero-order valence-corrected chi connectivity index (χ0v) is 19.0. The number of aliphatic imine (C=N–C) groups is 1. The van der Waals surface area contributed by atoms with Gasteiger partial charge in [0, 0.05) is 33.2 Å². The monoisotopic (exact) mass is 531 g/mol. The van der Waals surface area contributed by atoms with Gasteiger partial charge >= 0.3 is 6.18 Å². The van der Waals surface area contributed by atoms with Crippen LogP contribution in [0.4, 0.5) is 13.2 Å². The summed E-state index contributed by atoms with van der Waals surface area (Å²) in [7, 11) is 3.33. The molecule has 0 bridgehead atoms. The number of nitrogens with one attached hydrogen (secondary N) is 1. The van der Waals surface area contributed by atoms with E-state index >= 15 is 0 Å². The molecule has 1 heterocycles. The van der Waals surface area contributed by atoms with Gasteiger partial charge in [0.1, 0.15) is 12.4 Å². The Bertz CT molecular complexity index is 632. The van der Waals surface area contributed by atoms with Crippen molar-refractivity contribution in [3.63, 3.8) is 0 Å². The zero-order chi connectivity index (χ0) is 20.4. The number of hydrogen-bond donors (Lipinski definition) is 1. The number of methoxy groups -OCH3 is 1. The molecule has 29 heavy (non-hydrogen) atoms. The molecule has 1 atom stereocenters. The van der Waals surface area contributed by atoms with Crippen molar-refractivity contribution in [3.05, 3.63) is 29.8 Å². The lowest BCUT2D eigenvalue weighted by atomic mass is 10.1. The van der Waals surface area contributed by atoms with Crippen LogP contribution in [0.15, 0.2) is 29.3 Å². The van der Waals surface area contributed by atoms with Crippen LogP contribution in [0.5, 0.6) is 5.75 Å². The van der Waals surface area contributed by atoms with Crippen LogP contribution >= 0.6 is 24.0 Å². The largest absolute Gasteiger partial charge is 0.491 e. The van der Waals surface area contributed by atoms with Crippen LogP contribution in [0.25, 0.3) is 0 Å². The smallest absolute Gasteiger partial charge is 0.419 e. The minimum Gasteiger partial charge on any atom is -0.491 e. The highest BCUT2D eigenvalue weighted by atomic mass is 127. The summed E-state index contributed by atoms with van der Waals surface area (Å²) in [6.45, 7) is 3.97. The number of halogens is 4. The Hall–Kier alpha value is -1.27. The molecule has 6 nitrogen and oxygen atoms in total. The Morgan fingerprint density at radius 1 is 1.24 bits per heavy atom. The number of para-hydroxylation sites is 1. The van der Waals surface area contributed by atoms with Crippen molar-refractivity contribution >= 4 is 29.9 Å². The van der Waals surface area contributed by atoms with E-state index in [-0.39, 0.29) is 36.3 Å². The molecule has 2 rings (SSSR count). The van der Waals surface area contributed by atoms with Crippen LogP contribution in [0.2, 0.25) is 0 Å². The highest BCUT2D eigenvalue weighted by molar-refractivity contribution is 14.0. The van der Waals surface area contributed by atoms with Gasteiger partial charge in [-0.05, 0) is 18.6 Å². The summed E-state index contributed by atoms with van der Waals surface area (Å²) in [5.74, 6) is 0.971. The minimum atomic E-state index is -4.43. The number of ether oxygens (including phenoxy) is 3. The fraction of sp³-hybridized carbons (Fsp3) is 0.632. The SMILES string of the molecule is CN=C(NCCOc1ccccc1C(F)(F)F)N1CCC(COCCOC)C1.I. The van der Waals surface area contributed by atoms with Crippen LogP contribution in [0.3, 0.4) is 0 Å². The summed E-state index contributed by atoms with van der Waals surface area (Å²) >= 11 is 0. The maximum atomic E-state index is 13.0. The van der Waals surface area contributed by atoms with E-state index < -0.39 is 11.7 Å². The first-order valence-electron chi connectivity index (χ1n) is 9.27. The van der Waals surface area contributed by atoms with Gasteiger partial charge in [-0.2, -0.15) is 13.2 Å². The summed E-state index contributed by atoms with van der Waals surface area (Å²) in [6, 6.07) is 5.21. The molecule has 0 spiro atoms. The molecule has 0 radical (unpaired) electrons.